The van der Waals surface area contributed by atoms with Gasteiger partial charge in [0, 0.05) is 18.2 Å². The van der Waals surface area contributed by atoms with Crippen molar-refractivity contribution < 1.29 is 8.81 Å². The number of aromatic nitrogens is 1. The zero-order chi connectivity index (χ0) is 14.8. The molecule has 1 N–H and O–H groups in total. The molecule has 0 aliphatic heterocycles. The van der Waals surface area contributed by atoms with Crippen LogP contribution in [-0.2, 0) is 6.54 Å². The van der Waals surface area contributed by atoms with Gasteiger partial charge in [-0.2, -0.15) is 0 Å². The minimum absolute atomic E-state index is 0.219. The lowest BCUT2D eigenvalue weighted by Gasteiger charge is -2.06. The first-order valence-electron chi connectivity index (χ1n) is 7.00. The van der Waals surface area contributed by atoms with Crippen LogP contribution in [0.3, 0.4) is 0 Å². The third-order valence-corrected chi connectivity index (χ3v) is 3.31. The average molecular weight is 284 g/mol. The van der Waals surface area contributed by atoms with Crippen molar-refractivity contribution in [2.24, 2.45) is 0 Å². The standard InChI is InChI=1S/C17H17FN2O/c1-11(2)17-20-15-9-14(7-8-16(15)21-17)19-10-12-3-5-13(18)6-4-12/h3-9,11,19H,10H2,1-2H3. The second-order valence-electron chi connectivity index (χ2n) is 5.37. The molecule has 108 valence electrons. The summed E-state index contributed by atoms with van der Waals surface area (Å²) in [7, 11) is 0. The van der Waals surface area contributed by atoms with Crippen LogP contribution in [0.25, 0.3) is 11.1 Å². The van der Waals surface area contributed by atoms with E-state index in [1.807, 2.05) is 18.2 Å². The Bertz CT molecular complexity index is 747. The summed E-state index contributed by atoms with van der Waals surface area (Å²) in [4.78, 5) is 4.48. The molecule has 0 bridgehead atoms. The molecular formula is C17H17FN2O. The zero-order valence-electron chi connectivity index (χ0n) is 12.1. The maximum Gasteiger partial charge on any atom is 0.198 e. The number of halogens is 1. The van der Waals surface area contributed by atoms with Crippen LogP contribution >= 0.6 is 0 Å². The van der Waals surface area contributed by atoms with E-state index in [1.54, 1.807) is 12.1 Å². The first-order valence-corrected chi connectivity index (χ1v) is 7.00. The molecule has 3 rings (SSSR count). The van der Waals surface area contributed by atoms with Crippen LogP contribution in [0, 0.1) is 5.82 Å². The quantitative estimate of drug-likeness (QED) is 0.754. The third kappa shape index (κ3) is 3.05. The van der Waals surface area contributed by atoms with Gasteiger partial charge in [-0.15, -0.1) is 0 Å². The largest absolute Gasteiger partial charge is 0.440 e. The van der Waals surface area contributed by atoms with Gasteiger partial charge in [0.05, 0.1) is 0 Å². The molecule has 0 radical (unpaired) electrons. The molecule has 0 aliphatic carbocycles. The molecule has 0 saturated carbocycles. The van der Waals surface area contributed by atoms with Crippen LogP contribution in [-0.4, -0.2) is 4.98 Å². The molecule has 2 aromatic carbocycles. The lowest BCUT2D eigenvalue weighted by Crippen LogP contribution is -1.99. The molecule has 1 aromatic heterocycles. The minimum Gasteiger partial charge on any atom is -0.440 e. The van der Waals surface area contributed by atoms with E-state index in [2.05, 4.69) is 24.1 Å². The van der Waals surface area contributed by atoms with E-state index in [9.17, 15) is 4.39 Å². The molecular weight excluding hydrogens is 267 g/mol. The molecule has 4 heteroatoms. The van der Waals surface area contributed by atoms with Crippen LogP contribution in [0.5, 0.6) is 0 Å². The van der Waals surface area contributed by atoms with Gasteiger partial charge in [0.2, 0.25) is 0 Å². The maximum atomic E-state index is 12.9. The van der Waals surface area contributed by atoms with Gasteiger partial charge in [0.1, 0.15) is 11.3 Å². The molecule has 1 heterocycles. The van der Waals surface area contributed by atoms with Crippen molar-refractivity contribution >= 4 is 16.8 Å². The molecule has 0 unspecified atom stereocenters. The zero-order valence-corrected chi connectivity index (χ0v) is 12.1. The van der Waals surface area contributed by atoms with Crippen molar-refractivity contribution in [2.75, 3.05) is 5.32 Å². The van der Waals surface area contributed by atoms with Crippen molar-refractivity contribution in [3.8, 4) is 0 Å². The number of nitrogens with zero attached hydrogens (tertiary/aromatic N) is 1. The van der Waals surface area contributed by atoms with Gasteiger partial charge in [0.25, 0.3) is 0 Å². The second-order valence-corrected chi connectivity index (χ2v) is 5.37. The lowest BCUT2D eigenvalue weighted by atomic mass is 10.2. The molecule has 0 saturated heterocycles. The Hall–Kier alpha value is -2.36. The van der Waals surface area contributed by atoms with Crippen LogP contribution in [0.2, 0.25) is 0 Å². The van der Waals surface area contributed by atoms with Crippen LogP contribution in [0.4, 0.5) is 10.1 Å². The Balaban J connectivity index is 1.76. The van der Waals surface area contributed by atoms with E-state index < -0.39 is 0 Å². The monoisotopic (exact) mass is 284 g/mol. The summed E-state index contributed by atoms with van der Waals surface area (Å²) in [6, 6.07) is 12.3. The van der Waals surface area contributed by atoms with E-state index in [0.717, 1.165) is 28.2 Å². The fourth-order valence-corrected chi connectivity index (χ4v) is 2.11. The topological polar surface area (TPSA) is 38.1 Å². The van der Waals surface area contributed by atoms with E-state index in [4.69, 9.17) is 4.42 Å². The number of anilines is 1. The van der Waals surface area contributed by atoms with Crippen LogP contribution in [0.15, 0.2) is 46.9 Å². The highest BCUT2D eigenvalue weighted by Gasteiger charge is 2.09. The molecule has 0 aliphatic rings. The summed E-state index contributed by atoms with van der Waals surface area (Å²) in [6.07, 6.45) is 0. The average Bonchev–Trinajstić information content (AvgIpc) is 2.90. The lowest BCUT2D eigenvalue weighted by molar-refractivity contribution is 0.501. The van der Waals surface area contributed by atoms with Gasteiger partial charge in [-0.25, -0.2) is 9.37 Å². The molecule has 0 amide bonds. The number of oxazole rings is 1. The summed E-state index contributed by atoms with van der Waals surface area (Å²) in [5.41, 5.74) is 3.64. The Morgan fingerprint density at radius 1 is 1.14 bits per heavy atom. The van der Waals surface area contributed by atoms with Crippen molar-refractivity contribution in [1.82, 2.24) is 4.98 Å². The van der Waals surface area contributed by atoms with E-state index in [0.29, 0.717) is 6.54 Å². The van der Waals surface area contributed by atoms with Crippen LogP contribution < -0.4 is 5.32 Å². The Morgan fingerprint density at radius 2 is 1.90 bits per heavy atom. The van der Waals surface area contributed by atoms with Crippen molar-refractivity contribution in [3.63, 3.8) is 0 Å². The normalized spacial score (nSPS) is 11.2. The molecule has 3 nitrogen and oxygen atoms in total. The highest BCUT2D eigenvalue weighted by molar-refractivity contribution is 5.77. The van der Waals surface area contributed by atoms with Crippen molar-refractivity contribution in [2.45, 2.75) is 26.3 Å². The SMILES string of the molecule is CC(C)c1nc2cc(NCc3ccc(F)cc3)ccc2o1. The Kier molecular flexibility index (Phi) is 3.60. The molecule has 0 atom stereocenters. The van der Waals surface area contributed by atoms with E-state index in [-0.39, 0.29) is 11.7 Å². The van der Waals surface area contributed by atoms with Crippen molar-refractivity contribution in [3.05, 3.63) is 59.7 Å². The summed E-state index contributed by atoms with van der Waals surface area (Å²) in [5, 5.41) is 3.31. The molecule has 0 spiro atoms. The predicted octanol–water partition coefficient (Wildman–Crippen LogP) is 4.70. The van der Waals surface area contributed by atoms with E-state index >= 15 is 0 Å². The number of hydrogen-bond acceptors (Lipinski definition) is 3. The summed E-state index contributed by atoms with van der Waals surface area (Å²) < 4.78 is 18.5. The Labute approximate surface area is 122 Å². The van der Waals surface area contributed by atoms with Gasteiger partial charge in [-0.1, -0.05) is 26.0 Å². The first-order chi connectivity index (χ1) is 10.1. The third-order valence-electron chi connectivity index (χ3n) is 3.31. The van der Waals surface area contributed by atoms with Gasteiger partial charge >= 0.3 is 0 Å². The smallest absolute Gasteiger partial charge is 0.198 e. The second kappa shape index (κ2) is 5.56. The Morgan fingerprint density at radius 3 is 2.62 bits per heavy atom. The van der Waals surface area contributed by atoms with Crippen molar-refractivity contribution in [1.29, 1.82) is 0 Å². The van der Waals surface area contributed by atoms with Gasteiger partial charge < -0.3 is 9.73 Å². The fraction of sp³-hybridized carbons (Fsp3) is 0.235. The number of nitrogens with one attached hydrogen (secondary N) is 1. The van der Waals surface area contributed by atoms with Gasteiger partial charge in [-0.3, -0.25) is 0 Å². The number of hydrogen-bond donors (Lipinski definition) is 1. The maximum absolute atomic E-state index is 12.9. The molecule has 21 heavy (non-hydrogen) atoms. The highest BCUT2D eigenvalue weighted by Crippen LogP contribution is 2.24. The minimum atomic E-state index is -0.219. The fourth-order valence-electron chi connectivity index (χ4n) is 2.11. The van der Waals surface area contributed by atoms with Crippen LogP contribution in [0.1, 0.15) is 31.2 Å². The number of fused-ring (bicyclic) bond motifs is 1. The summed E-state index contributed by atoms with van der Waals surface area (Å²) >= 11 is 0. The van der Waals surface area contributed by atoms with Gasteiger partial charge in [-0.05, 0) is 35.9 Å². The van der Waals surface area contributed by atoms with Gasteiger partial charge in [0.15, 0.2) is 11.5 Å². The van der Waals surface area contributed by atoms with E-state index in [1.165, 1.54) is 12.1 Å². The highest BCUT2D eigenvalue weighted by atomic mass is 19.1. The predicted molar refractivity (Wildman–Crippen MR) is 81.8 cm³/mol. The molecule has 0 fully saturated rings. The first kappa shape index (κ1) is 13.6. The number of benzene rings is 2. The summed E-state index contributed by atoms with van der Waals surface area (Å²) in [5.74, 6) is 0.803. The summed E-state index contributed by atoms with van der Waals surface area (Å²) in [6.45, 7) is 4.75. The number of rotatable bonds is 4. The molecule has 3 aromatic rings.